The average Bonchev–Trinajstić information content (AvgIpc) is 3.26. The smallest absolute Gasteiger partial charge is 0.472 e. The van der Waals surface area contributed by atoms with Gasteiger partial charge in [-0.15, -0.1) is 13.2 Å². The lowest BCUT2D eigenvalue weighted by molar-refractivity contribution is -0.275. The van der Waals surface area contributed by atoms with E-state index in [4.69, 9.17) is 15.5 Å². The number of alkyl halides is 3. The number of likely N-dealkylation sites (N-methyl/N-ethyl adjacent to an activating group) is 1. The van der Waals surface area contributed by atoms with E-state index in [2.05, 4.69) is 38.7 Å². The highest BCUT2D eigenvalue weighted by molar-refractivity contribution is 6.02. The van der Waals surface area contributed by atoms with E-state index in [1.807, 2.05) is 6.92 Å². The van der Waals surface area contributed by atoms with Crippen LogP contribution in [0.25, 0.3) is 22.0 Å². The van der Waals surface area contributed by atoms with Crippen LogP contribution in [-0.2, 0) is 6.42 Å². The quantitative estimate of drug-likeness (QED) is 0.276. The zero-order valence-electron chi connectivity index (χ0n) is 24.5. The predicted molar refractivity (Wildman–Crippen MR) is 153 cm³/mol. The van der Waals surface area contributed by atoms with Crippen molar-refractivity contribution in [3.8, 4) is 22.9 Å². The molecule has 2 bridgehead atoms. The van der Waals surface area contributed by atoms with Crippen molar-refractivity contribution in [1.82, 2.24) is 20.2 Å². The van der Waals surface area contributed by atoms with Gasteiger partial charge in [-0.2, -0.15) is 0 Å². The molecule has 3 aliphatic heterocycles. The first kappa shape index (κ1) is 29.6. The summed E-state index contributed by atoms with van der Waals surface area (Å²) in [6.45, 7) is 10.8. The van der Waals surface area contributed by atoms with Gasteiger partial charge < -0.3 is 30.3 Å². The van der Waals surface area contributed by atoms with Gasteiger partial charge in [0.05, 0.1) is 17.0 Å². The Bertz CT molecular complexity index is 1560. The van der Waals surface area contributed by atoms with Crippen molar-refractivity contribution in [2.24, 2.45) is 0 Å². The monoisotopic (exact) mass is 606 g/mol. The second-order valence-electron chi connectivity index (χ2n) is 11.6. The van der Waals surface area contributed by atoms with Gasteiger partial charge in [0.2, 0.25) is 5.88 Å². The highest BCUT2D eigenvalue weighted by atomic mass is 19.4. The Balaban J connectivity index is 1.63. The van der Waals surface area contributed by atoms with Gasteiger partial charge in [-0.25, -0.2) is 18.7 Å². The van der Waals surface area contributed by atoms with Gasteiger partial charge >= 0.3 is 6.36 Å². The molecule has 8 nitrogen and oxygen atoms in total. The number of nitrogens with two attached hydrogens (primary N) is 1. The molecule has 5 heterocycles. The molecule has 0 amide bonds. The normalized spacial score (nSPS) is 23.0. The second kappa shape index (κ2) is 10.9. The maximum absolute atomic E-state index is 16.9. The Morgan fingerprint density at radius 3 is 2.58 bits per heavy atom. The number of hydrogen-bond acceptors (Lipinski definition) is 8. The molecule has 232 valence electrons. The number of rotatable bonds is 7. The van der Waals surface area contributed by atoms with Crippen molar-refractivity contribution in [1.29, 1.82) is 0 Å². The van der Waals surface area contributed by atoms with Crippen LogP contribution in [0.15, 0.2) is 12.1 Å². The van der Waals surface area contributed by atoms with Crippen molar-refractivity contribution < 1.29 is 31.4 Å². The summed E-state index contributed by atoms with van der Waals surface area (Å²) in [6.07, 6.45) is -3.21. The van der Waals surface area contributed by atoms with Crippen LogP contribution in [0.2, 0.25) is 0 Å². The first-order valence-electron chi connectivity index (χ1n) is 14.7. The molecule has 3 aliphatic rings. The number of aromatic nitrogens is 2. The Morgan fingerprint density at radius 1 is 1.14 bits per heavy atom. The number of hydrogen-bond donors (Lipinski definition) is 2. The molecule has 0 aliphatic carbocycles. The lowest BCUT2D eigenvalue weighted by Crippen LogP contribution is -2.62. The minimum atomic E-state index is -5.24. The van der Waals surface area contributed by atoms with E-state index in [-0.39, 0.29) is 35.1 Å². The van der Waals surface area contributed by atoms with Crippen molar-refractivity contribution in [2.75, 3.05) is 36.8 Å². The first-order valence-corrected chi connectivity index (χ1v) is 14.7. The third-order valence-corrected chi connectivity index (χ3v) is 8.99. The number of aryl methyl sites for hydroxylation is 1. The third-order valence-electron chi connectivity index (χ3n) is 8.99. The summed E-state index contributed by atoms with van der Waals surface area (Å²) in [5.41, 5.74) is 5.68. The van der Waals surface area contributed by atoms with Crippen LogP contribution in [-0.4, -0.2) is 71.6 Å². The van der Waals surface area contributed by atoms with Crippen LogP contribution in [0.5, 0.6) is 11.6 Å². The Labute approximate surface area is 246 Å². The zero-order chi connectivity index (χ0) is 30.8. The second-order valence-corrected chi connectivity index (χ2v) is 11.6. The fourth-order valence-electron chi connectivity index (χ4n) is 6.94. The lowest BCUT2D eigenvalue weighted by atomic mass is 9.97. The van der Waals surface area contributed by atoms with Crippen LogP contribution in [0.3, 0.4) is 0 Å². The standard InChI is InChI=1S/C30H35F5N6O2/c1-5-40(6-2)10-9-20-14(3)22-23-28(38-20)41-13-17-7-8-21(37-17)26(41)15(4)42-29(23)39-25(24(22)32)18-11-16(36)12-19(31)27(18)43-30(33,34)35/h11-12,15,17,21,26,37H,5-10,13,36H2,1-4H3/t15-,17+,21-,26+/m0/s1. The summed E-state index contributed by atoms with van der Waals surface area (Å²) in [4.78, 5) is 13.9. The summed E-state index contributed by atoms with van der Waals surface area (Å²) in [7, 11) is 0. The van der Waals surface area contributed by atoms with Gasteiger partial charge in [-0.05, 0) is 51.4 Å². The number of nitrogens with one attached hydrogen (secondary N) is 1. The minimum absolute atomic E-state index is 0.0193. The molecule has 6 rings (SSSR count). The Morgan fingerprint density at radius 2 is 1.88 bits per heavy atom. The van der Waals surface area contributed by atoms with E-state index in [9.17, 15) is 17.6 Å². The van der Waals surface area contributed by atoms with Gasteiger partial charge in [-0.1, -0.05) is 13.8 Å². The van der Waals surface area contributed by atoms with E-state index in [1.54, 1.807) is 6.92 Å². The number of ether oxygens (including phenoxy) is 2. The molecule has 0 saturated carbocycles. The van der Waals surface area contributed by atoms with Gasteiger partial charge in [-0.3, -0.25) is 0 Å². The fraction of sp³-hybridized carbons (Fsp3) is 0.533. The molecule has 0 unspecified atom stereocenters. The van der Waals surface area contributed by atoms with Gasteiger partial charge in [0.25, 0.3) is 0 Å². The molecule has 3 N–H and O–H groups in total. The first-order chi connectivity index (χ1) is 20.4. The maximum atomic E-state index is 16.9. The zero-order valence-corrected chi connectivity index (χ0v) is 24.5. The topological polar surface area (TPSA) is 88.8 Å². The highest BCUT2D eigenvalue weighted by Gasteiger charge is 2.47. The number of benzene rings is 1. The summed E-state index contributed by atoms with van der Waals surface area (Å²) in [5, 5.41) is 4.12. The summed E-state index contributed by atoms with van der Waals surface area (Å²) in [6, 6.07) is 1.93. The fourth-order valence-corrected chi connectivity index (χ4v) is 6.94. The molecule has 2 fully saturated rings. The summed E-state index contributed by atoms with van der Waals surface area (Å²) in [5.74, 6) is -2.96. The van der Waals surface area contributed by atoms with Gasteiger partial charge in [0, 0.05) is 54.4 Å². The number of anilines is 2. The molecule has 3 aromatic rings. The Hall–Kier alpha value is -3.45. The molecular weight excluding hydrogens is 571 g/mol. The molecule has 4 atom stereocenters. The van der Waals surface area contributed by atoms with Crippen molar-refractivity contribution in [3.05, 3.63) is 35.0 Å². The lowest BCUT2D eigenvalue weighted by Gasteiger charge is -2.43. The van der Waals surface area contributed by atoms with E-state index >= 15 is 4.39 Å². The van der Waals surface area contributed by atoms with Gasteiger partial charge in [0.1, 0.15) is 17.6 Å². The molecule has 43 heavy (non-hydrogen) atoms. The number of halogens is 5. The van der Waals surface area contributed by atoms with E-state index in [1.165, 1.54) is 0 Å². The van der Waals surface area contributed by atoms with Crippen molar-refractivity contribution >= 4 is 22.3 Å². The number of nitrogen functional groups attached to an aromatic ring is 1. The molecule has 1 aromatic carbocycles. The summed E-state index contributed by atoms with van der Waals surface area (Å²) < 4.78 is 82.3. The van der Waals surface area contributed by atoms with Crippen LogP contribution in [0.4, 0.5) is 33.5 Å². The van der Waals surface area contributed by atoms with Crippen LogP contribution >= 0.6 is 0 Å². The van der Waals surface area contributed by atoms with Crippen molar-refractivity contribution in [2.45, 2.75) is 77.5 Å². The number of fused-ring (bicyclic) bond motifs is 5. The van der Waals surface area contributed by atoms with Crippen molar-refractivity contribution in [3.63, 3.8) is 0 Å². The van der Waals surface area contributed by atoms with E-state index in [0.717, 1.165) is 32.0 Å². The molecule has 2 aromatic heterocycles. The van der Waals surface area contributed by atoms with Crippen LogP contribution in [0.1, 0.15) is 44.9 Å². The van der Waals surface area contributed by atoms with Crippen LogP contribution in [0, 0.1) is 18.6 Å². The van der Waals surface area contributed by atoms with Crippen LogP contribution < -0.4 is 25.4 Å². The molecular formula is C30H35F5N6O2. The molecule has 13 heteroatoms. The highest BCUT2D eigenvalue weighted by Crippen LogP contribution is 2.47. The minimum Gasteiger partial charge on any atom is -0.472 e. The number of pyridine rings is 2. The van der Waals surface area contributed by atoms with E-state index < -0.39 is 41.1 Å². The number of piperazine rings is 1. The Kier molecular flexibility index (Phi) is 7.52. The predicted octanol–water partition coefficient (Wildman–Crippen LogP) is 5.34. The molecule has 0 spiro atoms. The van der Waals surface area contributed by atoms with Gasteiger partial charge in [0.15, 0.2) is 17.4 Å². The van der Waals surface area contributed by atoms with E-state index in [0.29, 0.717) is 48.0 Å². The summed E-state index contributed by atoms with van der Waals surface area (Å²) >= 11 is 0. The molecule has 2 saturated heterocycles. The number of nitrogens with zero attached hydrogens (tertiary/aromatic N) is 4. The molecule has 0 radical (unpaired) electrons. The maximum Gasteiger partial charge on any atom is 0.573 e. The SMILES string of the molecule is CCN(CC)CCc1nc2c3c(nc(-c4cc(N)cc(F)c4OC(F)(F)F)c(F)c3c1C)O[C@@H](C)[C@@H]1[C@@H]3CC[C@H](CN21)N3. The third kappa shape index (κ3) is 5.20. The largest absolute Gasteiger partial charge is 0.573 e. The average molecular weight is 607 g/mol.